The minimum atomic E-state index is -1.08. The van der Waals surface area contributed by atoms with Crippen LogP contribution in [0.1, 0.15) is 10.4 Å². The molecule has 17 heavy (non-hydrogen) atoms. The third kappa shape index (κ3) is 3.15. The second-order valence-electron chi connectivity index (χ2n) is 2.95. The number of hydrogen-bond donors (Lipinski definition) is 1. The van der Waals surface area contributed by atoms with E-state index in [2.05, 4.69) is 9.97 Å². The zero-order valence-electron chi connectivity index (χ0n) is 8.61. The van der Waals surface area contributed by atoms with Crippen molar-refractivity contribution in [2.45, 2.75) is 0 Å². The summed E-state index contributed by atoms with van der Waals surface area (Å²) in [6.07, 6.45) is 4.56. The van der Waals surface area contributed by atoms with Crippen LogP contribution in [-0.2, 0) is 0 Å². The van der Waals surface area contributed by atoms with E-state index in [-0.39, 0.29) is 23.9 Å². The van der Waals surface area contributed by atoms with Crippen molar-refractivity contribution in [2.24, 2.45) is 0 Å². The van der Waals surface area contributed by atoms with Crippen molar-refractivity contribution in [1.29, 1.82) is 0 Å². The number of rotatable bonds is 3. The molecule has 0 aliphatic rings. The summed E-state index contributed by atoms with van der Waals surface area (Å²) in [5, 5.41) is 8.91. The molecule has 0 aliphatic heterocycles. The fourth-order valence-corrected chi connectivity index (χ4v) is 1.15. The number of halogens is 1. The highest BCUT2D eigenvalue weighted by atomic mass is 35.5. The molecule has 0 amide bonds. The van der Waals surface area contributed by atoms with Crippen LogP contribution in [0.15, 0.2) is 42.9 Å². The van der Waals surface area contributed by atoms with E-state index in [1.54, 1.807) is 24.4 Å². The molecular weight excluding hydrogens is 244 g/mol. The van der Waals surface area contributed by atoms with Gasteiger partial charge in [-0.1, -0.05) is 0 Å². The Morgan fingerprint density at radius 1 is 1.24 bits per heavy atom. The van der Waals surface area contributed by atoms with Crippen LogP contribution in [-0.4, -0.2) is 21.0 Å². The smallest absolute Gasteiger partial charge is 0.341 e. The van der Waals surface area contributed by atoms with Crippen LogP contribution in [0.3, 0.4) is 0 Å². The molecular formula is C11H9ClN2O3. The SMILES string of the molecule is Cl.O=C(O)c1cccnc1Oc1cccnc1. The van der Waals surface area contributed by atoms with Crippen molar-refractivity contribution in [3.05, 3.63) is 48.4 Å². The van der Waals surface area contributed by atoms with Gasteiger partial charge in [-0.3, -0.25) is 4.98 Å². The van der Waals surface area contributed by atoms with E-state index in [4.69, 9.17) is 9.84 Å². The molecule has 0 saturated carbocycles. The van der Waals surface area contributed by atoms with Gasteiger partial charge < -0.3 is 9.84 Å². The van der Waals surface area contributed by atoms with Crippen molar-refractivity contribution >= 4 is 18.4 Å². The van der Waals surface area contributed by atoms with Crippen LogP contribution < -0.4 is 4.74 Å². The van der Waals surface area contributed by atoms with Crippen LogP contribution in [0.4, 0.5) is 0 Å². The van der Waals surface area contributed by atoms with Gasteiger partial charge in [-0.05, 0) is 24.3 Å². The molecule has 6 heteroatoms. The van der Waals surface area contributed by atoms with Gasteiger partial charge in [0, 0.05) is 12.4 Å². The van der Waals surface area contributed by atoms with Crippen molar-refractivity contribution in [2.75, 3.05) is 0 Å². The molecule has 0 bridgehead atoms. The minimum absolute atomic E-state index is 0. The number of aromatic nitrogens is 2. The van der Waals surface area contributed by atoms with Gasteiger partial charge in [0.2, 0.25) is 5.88 Å². The highest BCUT2D eigenvalue weighted by molar-refractivity contribution is 5.90. The van der Waals surface area contributed by atoms with E-state index < -0.39 is 5.97 Å². The molecule has 0 fully saturated rings. The predicted octanol–water partition coefficient (Wildman–Crippen LogP) is 2.39. The number of nitrogens with zero attached hydrogens (tertiary/aromatic N) is 2. The zero-order valence-corrected chi connectivity index (χ0v) is 9.42. The Morgan fingerprint density at radius 2 is 2.00 bits per heavy atom. The summed E-state index contributed by atoms with van der Waals surface area (Å²) >= 11 is 0. The van der Waals surface area contributed by atoms with E-state index in [0.717, 1.165) is 0 Å². The van der Waals surface area contributed by atoms with Crippen molar-refractivity contribution < 1.29 is 14.6 Å². The largest absolute Gasteiger partial charge is 0.477 e. The molecule has 2 rings (SSSR count). The summed E-state index contributed by atoms with van der Waals surface area (Å²) < 4.78 is 5.32. The third-order valence-corrected chi connectivity index (χ3v) is 1.85. The summed E-state index contributed by atoms with van der Waals surface area (Å²) in [7, 11) is 0. The Kier molecular flexibility index (Phi) is 4.42. The first-order chi connectivity index (χ1) is 7.77. The topological polar surface area (TPSA) is 72.3 Å². The molecule has 5 nitrogen and oxygen atoms in total. The number of hydrogen-bond acceptors (Lipinski definition) is 4. The van der Waals surface area contributed by atoms with Gasteiger partial charge in [-0.25, -0.2) is 9.78 Å². The molecule has 2 aromatic rings. The molecule has 1 N–H and O–H groups in total. The molecule has 0 unspecified atom stereocenters. The molecule has 2 heterocycles. The standard InChI is InChI=1S/C11H8N2O3.ClH/c14-11(15)9-4-2-6-13-10(9)16-8-3-1-5-12-7-8;/h1-7H,(H,14,15);1H. The summed E-state index contributed by atoms with van der Waals surface area (Å²) in [4.78, 5) is 18.6. The summed E-state index contributed by atoms with van der Waals surface area (Å²) in [5.74, 6) is -0.571. The first-order valence-corrected chi connectivity index (χ1v) is 4.53. The van der Waals surface area contributed by atoms with E-state index >= 15 is 0 Å². The average molecular weight is 253 g/mol. The number of carbonyl (C=O) groups is 1. The number of aromatic carboxylic acids is 1. The summed E-state index contributed by atoms with van der Waals surface area (Å²) in [6.45, 7) is 0. The molecule has 0 atom stereocenters. The van der Waals surface area contributed by atoms with E-state index in [1.165, 1.54) is 18.5 Å². The molecule has 88 valence electrons. The number of carboxylic acid groups (broad SMARTS) is 1. The summed E-state index contributed by atoms with van der Waals surface area (Å²) in [6, 6.07) is 6.34. The Hall–Kier alpha value is -2.14. The van der Waals surface area contributed by atoms with Gasteiger partial charge in [0.05, 0.1) is 6.20 Å². The highest BCUT2D eigenvalue weighted by Crippen LogP contribution is 2.21. The third-order valence-electron chi connectivity index (χ3n) is 1.85. The minimum Gasteiger partial charge on any atom is -0.477 e. The fraction of sp³-hybridized carbons (Fsp3) is 0. The van der Waals surface area contributed by atoms with Gasteiger partial charge in [0.25, 0.3) is 0 Å². The molecule has 0 radical (unpaired) electrons. The maximum atomic E-state index is 10.9. The Balaban J connectivity index is 0.00000144. The summed E-state index contributed by atoms with van der Waals surface area (Å²) in [5.41, 5.74) is 0.0198. The number of ether oxygens (including phenoxy) is 1. The Morgan fingerprint density at radius 3 is 2.65 bits per heavy atom. The van der Waals surface area contributed by atoms with Crippen molar-refractivity contribution in [1.82, 2.24) is 9.97 Å². The predicted molar refractivity (Wildman–Crippen MR) is 62.8 cm³/mol. The maximum Gasteiger partial charge on any atom is 0.341 e. The first-order valence-electron chi connectivity index (χ1n) is 4.53. The van der Waals surface area contributed by atoms with Crippen LogP contribution in [0.25, 0.3) is 0 Å². The number of carboxylic acids is 1. The lowest BCUT2D eigenvalue weighted by atomic mass is 10.3. The molecule has 2 aromatic heterocycles. The van der Waals surface area contributed by atoms with E-state index in [0.29, 0.717) is 5.75 Å². The Bertz CT molecular complexity index is 505. The van der Waals surface area contributed by atoms with Gasteiger partial charge in [0.1, 0.15) is 11.3 Å². The normalized spacial score (nSPS) is 9.18. The second-order valence-corrected chi connectivity index (χ2v) is 2.95. The Labute approximate surface area is 104 Å². The molecule has 0 spiro atoms. The molecule has 0 aliphatic carbocycles. The van der Waals surface area contributed by atoms with Crippen molar-refractivity contribution in [3.8, 4) is 11.6 Å². The second kappa shape index (κ2) is 5.81. The average Bonchev–Trinajstić information content (AvgIpc) is 2.31. The van der Waals surface area contributed by atoms with Gasteiger partial charge in [0.15, 0.2) is 0 Å². The van der Waals surface area contributed by atoms with Gasteiger partial charge >= 0.3 is 5.97 Å². The van der Waals surface area contributed by atoms with E-state index in [9.17, 15) is 4.79 Å². The van der Waals surface area contributed by atoms with E-state index in [1.807, 2.05) is 0 Å². The monoisotopic (exact) mass is 252 g/mol. The maximum absolute atomic E-state index is 10.9. The van der Waals surface area contributed by atoms with Crippen LogP contribution in [0, 0.1) is 0 Å². The van der Waals surface area contributed by atoms with Gasteiger partial charge in [-0.15, -0.1) is 12.4 Å². The molecule has 0 aromatic carbocycles. The van der Waals surface area contributed by atoms with Crippen LogP contribution in [0.2, 0.25) is 0 Å². The molecule has 0 saturated heterocycles. The fourth-order valence-electron chi connectivity index (χ4n) is 1.15. The zero-order chi connectivity index (χ0) is 11.4. The van der Waals surface area contributed by atoms with Gasteiger partial charge in [-0.2, -0.15) is 0 Å². The lowest BCUT2D eigenvalue weighted by molar-refractivity contribution is 0.0693. The first kappa shape index (κ1) is 12.9. The highest BCUT2D eigenvalue weighted by Gasteiger charge is 2.12. The van der Waals surface area contributed by atoms with Crippen LogP contribution in [0.5, 0.6) is 11.6 Å². The number of pyridine rings is 2. The lowest BCUT2D eigenvalue weighted by Crippen LogP contribution is -2.01. The lowest BCUT2D eigenvalue weighted by Gasteiger charge is -2.05. The van der Waals surface area contributed by atoms with Crippen molar-refractivity contribution in [3.63, 3.8) is 0 Å². The quantitative estimate of drug-likeness (QED) is 0.908. The van der Waals surface area contributed by atoms with Crippen LogP contribution >= 0.6 is 12.4 Å².